The number of aliphatic hydroxyl groups excluding tert-OH is 1. The lowest BCUT2D eigenvalue weighted by atomic mass is 9.80. The van der Waals surface area contributed by atoms with Gasteiger partial charge in [-0.15, -0.1) is 5.10 Å². The summed E-state index contributed by atoms with van der Waals surface area (Å²) in [6.45, 7) is 1.27. The Bertz CT molecular complexity index is 829. The highest BCUT2D eigenvalue weighted by Crippen LogP contribution is 2.47. The van der Waals surface area contributed by atoms with Gasteiger partial charge in [-0.2, -0.15) is 10.2 Å². The summed E-state index contributed by atoms with van der Waals surface area (Å²) in [7, 11) is 1.41. The molecule has 5 N–H and O–H groups in total. The van der Waals surface area contributed by atoms with E-state index in [2.05, 4.69) is 10.1 Å². The highest BCUT2D eigenvalue weighted by molar-refractivity contribution is 5.59. The van der Waals surface area contributed by atoms with Crippen molar-refractivity contribution >= 4 is 11.5 Å². The molecule has 2 aromatic rings. The van der Waals surface area contributed by atoms with Gasteiger partial charge in [0.25, 0.3) is 0 Å². The number of ether oxygens (including phenoxy) is 2. The highest BCUT2D eigenvalue weighted by atomic mass is 16.6. The highest BCUT2D eigenvalue weighted by Gasteiger charge is 2.65. The van der Waals surface area contributed by atoms with E-state index in [9.17, 15) is 20.6 Å². The fraction of sp³-hybridized carbons (Fsp3) is 0.500. The number of aliphatic hydroxyl groups is 2. The summed E-state index contributed by atoms with van der Waals surface area (Å²) < 4.78 is 11.8. The molecular formula is C14H17N5O5. The van der Waals surface area contributed by atoms with E-state index in [0.29, 0.717) is 0 Å². The lowest BCUT2D eigenvalue weighted by Gasteiger charge is -2.33. The zero-order valence-corrected chi connectivity index (χ0v) is 13.0. The lowest BCUT2D eigenvalue weighted by molar-refractivity contribution is -0.110. The van der Waals surface area contributed by atoms with Gasteiger partial charge < -0.3 is 30.5 Å². The maximum absolute atomic E-state index is 10.8. The van der Waals surface area contributed by atoms with Gasteiger partial charge in [0.05, 0.1) is 12.3 Å². The molecule has 0 bridgehead atoms. The van der Waals surface area contributed by atoms with Crippen molar-refractivity contribution < 1.29 is 24.8 Å². The number of aromatic nitrogens is 3. The molecule has 0 spiro atoms. The minimum atomic E-state index is -1.96. The van der Waals surface area contributed by atoms with Gasteiger partial charge >= 0.3 is 0 Å². The second kappa shape index (κ2) is 5.29. The Morgan fingerprint density at radius 2 is 2.25 bits per heavy atom. The molecule has 3 rings (SSSR count). The summed E-state index contributed by atoms with van der Waals surface area (Å²) in [5.74, 6) is -0.606. The lowest BCUT2D eigenvalue weighted by Crippen LogP contribution is -2.52. The Morgan fingerprint density at radius 1 is 1.54 bits per heavy atom. The first kappa shape index (κ1) is 16.4. The van der Waals surface area contributed by atoms with Crippen LogP contribution in [0.4, 0.5) is 5.95 Å². The second-order valence-electron chi connectivity index (χ2n) is 5.81. The van der Waals surface area contributed by atoms with E-state index in [1.807, 2.05) is 6.07 Å². The predicted octanol–water partition coefficient (Wildman–Crippen LogP) is -1.11. The number of rotatable bonds is 3. The number of nitriles is 1. The minimum absolute atomic E-state index is 0.0214. The molecule has 1 saturated heterocycles. The van der Waals surface area contributed by atoms with Crippen LogP contribution in [0.25, 0.3) is 5.52 Å². The fourth-order valence-corrected chi connectivity index (χ4v) is 3.05. The third kappa shape index (κ3) is 1.96. The molecule has 0 saturated carbocycles. The van der Waals surface area contributed by atoms with Crippen molar-refractivity contribution in [2.75, 3.05) is 19.5 Å². The van der Waals surface area contributed by atoms with Crippen molar-refractivity contribution in [3.05, 3.63) is 17.8 Å². The van der Waals surface area contributed by atoms with E-state index in [1.54, 1.807) is 0 Å². The van der Waals surface area contributed by atoms with Gasteiger partial charge in [0.15, 0.2) is 0 Å². The van der Waals surface area contributed by atoms with Crippen LogP contribution in [0.3, 0.4) is 0 Å². The Balaban J connectivity index is 2.24. The van der Waals surface area contributed by atoms with E-state index in [-0.39, 0.29) is 29.6 Å². The molecule has 0 aromatic carbocycles. The number of methoxy groups -OCH3 is 1. The maximum atomic E-state index is 10.8. The SMILES string of the molecule is COC[C@H]1O[C@@](C#N)(c2ccc3c(O)nc(N)nn23)[C@](C)(O)[C@@H]1O. The molecule has 0 unspecified atom stereocenters. The standard InChI is InChI=1S/C14H17N5O5/c1-13(22)10(20)8(5-23-2)24-14(13,6-15)9-4-3-7-11(21)17-12(16)18-19(7)9/h3-4,8,10,20,22H,5H2,1-2H3,(H3,16,17,18,21)/t8-,10-,13-,14+/m1/s1. The average Bonchev–Trinajstić information content (AvgIpc) is 3.01. The first-order chi connectivity index (χ1) is 11.3. The molecule has 1 aliphatic rings. The topological polar surface area (TPSA) is 159 Å². The van der Waals surface area contributed by atoms with Gasteiger partial charge in [0, 0.05) is 7.11 Å². The Labute approximate surface area is 136 Å². The Hall–Kier alpha value is -2.45. The van der Waals surface area contributed by atoms with Crippen molar-refractivity contribution in [3.8, 4) is 11.9 Å². The van der Waals surface area contributed by atoms with E-state index in [1.165, 1.54) is 26.2 Å². The molecule has 3 heterocycles. The smallest absolute Gasteiger partial charge is 0.241 e. The number of hydrogen-bond donors (Lipinski definition) is 4. The van der Waals surface area contributed by atoms with Crippen LogP contribution < -0.4 is 5.73 Å². The summed E-state index contributed by atoms with van der Waals surface area (Å²) in [5, 5.41) is 44.8. The molecule has 4 atom stereocenters. The van der Waals surface area contributed by atoms with Crippen molar-refractivity contribution in [3.63, 3.8) is 0 Å². The number of anilines is 1. The molecule has 0 amide bonds. The third-order valence-corrected chi connectivity index (χ3v) is 4.33. The van der Waals surface area contributed by atoms with Crippen LogP contribution in [-0.4, -0.2) is 61.4 Å². The van der Waals surface area contributed by atoms with Gasteiger partial charge in [-0.25, -0.2) is 4.52 Å². The normalized spacial score (nSPS) is 33.0. The number of nitrogen functional groups attached to an aromatic ring is 1. The molecular weight excluding hydrogens is 318 g/mol. The van der Waals surface area contributed by atoms with Gasteiger partial charge in [-0.05, 0) is 19.1 Å². The van der Waals surface area contributed by atoms with Crippen LogP contribution in [0.5, 0.6) is 5.88 Å². The van der Waals surface area contributed by atoms with Crippen LogP contribution in [-0.2, 0) is 15.1 Å². The second-order valence-corrected chi connectivity index (χ2v) is 5.81. The van der Waals surface area contributed by atoms with Gasteiger partial charge in [0.1, 0.15) is 29.4 Å². The fourth-order valence-electron chi connectivity index (χ4n) is 3.05. The summed E-state index contributed by atoms with van der Waals surface area (Å²) in [6, 6.07) is 4.83. The van der Waals surface area contributed by atoms with Crippen molar-refractivity contribution in [2.45, 2.75) is 30.3 Å². The Morgan fingerprint density at radius 3 is 2.88 bits per heavy atom. The number of nitrogens with two attached hydrogens (primary N) is 1. The third-order valence-electron chi connectivity index (χ3n) is 4.33. The molecule has 10 nitrogen and oxygen atoms in total. The monoisotopic (exact) mass is 335 g/mol. The predicted molar refractivity (Wildman–Crippen MR) is 79.7 cm³/mol. The van der Waals surface area contributed by atoms with Gasteiger partial charge in [0.2, 0.25) is 17.4 Å². The molecule has 1 fully saturated rings. The molecule has 10 heteroatoms. The van der Waals surface area contributed by atoms with Crippen molar-refractivity contribution in [1.82, 2.24) is 14.6 Å². The van der Waals surface area contributed by atoms with Crippen molar-refractivity contribution in [1.29, 1.82) is 5.26 Å². The molecule has 128 valence electrons. The first-order valence-electron chi connectivity index (χ1n) is 7.11. The van der Waals surface area contributed by atoms with E-state index in [4.69, 9.17) is 15.2 Å². The van der Waals surface area contributed by atoms with Gasteiger partial charge in [-0.1, -0.05) is 0 Å². The van der Waals surface area contributed by atoms with Crippen molar-refractivity contribution in [2.24, 2.45) is 0 Å². The molecule has 0 radical (unpaired) electrons. The number of nitrogens with zero attached hydrogens (tertiary/aromatic N) is 4. The van der Waals surface area contributed by atoms with Crippen LogP contribution in [0.1, 0.15) is 12.6 Å². The summed E-state index contributed by atoms with van der Waals surface area (Å²) in [6.07, 6.45) is -2.31. The largest absolute Gasteiger partial charge is 0.492 e. The minimum Gasteiger partial charge on any atom is -0.492 e. The summed E-state index contributed by atoms with van der Waals surface area (Å²) >= 11 is 0. The van der Waals surface area contributed by atoms with Crippen LogP contribution in [0, 0.1) is 11.3 Å². The molecule has 1 aliphatic heterocycles. The summed E-state index contributed by atoms with van der Waals surface area (Å²) in [4.78, 5) is 3.63. The zero-order chi connectivity index (χ0) is 17.7. The van der Waals surface area contributed by atoms with Crippen LogP contribution >= 0.6 is 0 Å². The van der Waals surface area contributed by atoms with Crippen LogP contribution in [0.2, 0.25) is 0 Å². The van der Waals surface area contributed by atoms with Gasteiger partial charge in [-0.3, -0.25) is 0 Å². The zero-order valence-electron chi connectivity index (χ0n) is 13.0. The first-order valence-corrected chi connectivity index (χ1v) is 7.11. The molecule has 2 aromatic heterocycles. The maximum Gasteiger partial charge on any atom is 0.241 e. The number of hydrogen-bond acceptors (Lipinski definition) is 9. The van der Waals surface area contributed by atoms with E-state index in [0.717, 1.165) is 4.52 Å². The quantitative estimate of drug-likeness (QED) is 0.545. The number of fused-ring (bicyclic) bond motifs is 1. The molecule has 24 heavy (non-hydrogen) atoms. The summed E-state index contributed by atoms with van der Waals surface area (Å²) in [5.41, 5.74) is 1.92. The molecule has 0 aliphatic carbocycles. The Kier molecular flexibility index (Phi) is 3.61. The number of aromatic hydroxyl groups is 1. The van der Waals surface area contributed by atoms with E-state index >= 15 is 0 Å². The van der Waals surface area contributed by atoms with Crippen LogP contribution in [0.15, 0.2) is 12.1 Å². The van der Waals surface area contributed by atoms with E-state index < -0.39 is 23.4 Å². The average molecular weight is 335 g/mol.